The van der Waals surface area contributed by atoms with Crippen LogP contribution in [0.25, 0.3) is 0 Å². The maximum absolute atomic E-state index is 11.9. The van der Waals surface area contributed by atoms with E-state index in [1.165, 1.54) is 24.3 Å². The maximum Gasteiger partial charge on any atom is 0.306 e. The molecule has 0 heterocycles. The highest BCUT2D eigenvalue weighted by atomic mass is 32.2. The Kier molecular flexibility index (Phi) is 6.48. The van der Waals surface area contributed by atoms with Gasteiger partial charge in [0.2, 0.25) is 10.0 Å². The summed E-state index contributed by atoms with van der Waals surface area (Å²) in [6.07, 6.45) is 0.167. The number of nitrogens with two attached hydrogens (primary N) is 1. The molecule has 0 saturated heterocycles. The molecule has 2 aromatic rings. The van der Waals surface area contributed by atoms with Crippen molar-refractivity contribution in [1.82, 2.24) is 0 Å². The zero-order valence-electron chi connectivity index (χ0n) is 14.2. The number of ether oxygens (including phenoxy) is 1. The fraction of sp³-hybridized carbons (Fsp3) is 0.222. The predicted octanol–water partition coefficient (Wildman–Crippen LogP) is 2.01. The minimum absolute atomic E-state index is 0.0162. The van der Waals surface area contributed by atoms with Gasteiger partial charge in [-0.1, -0.05) is 37.3 Å². The summed E-state index contributed by atoms with van der Waals surface area (Å²) in [5, 5.41) is 7.51. The summed E-state index contributed by atoms with van der Waals surface area (Å²) in [5.41, 5.74) is 1.39. The molecule has 138 valence electrons. The molecular weight excluding hydrogens is 356 g/mol. The van der Waals surface area contributed by atoms with Gasteiger partial charge in [-0.05, 0) is 35.7 Å². The Bertz CT molecular complexity index is 864. The molecule has 26 heavy (non-hydrogen) atoms. The third kappa shape index (κ3) is 5.98. The molecule has 1 amide bonds. The van der Waals surface area contributed by atoms with E-state index in [9.17, 15) is 18.0 Å². The van der Waals surface area contributed by atoms with Crippen molar-refractivity contribution in [2.75, 3.05) is 11.9 Å². The van der Waals surface area contributed by atoms with Crippen LogP contribution >= 0.6 is 0 Å². The first-order chi connectivity index (χ1) is 12.3. The Hall–Kier alpha value is -2.71. The van der Waals surface area contributed by atoms with Crippen LogP contribution in [0.5, 0.6) is 0 Å². The first-order valence-electron chi connectivity index (χ1n) is 7.89. The number of anilines is 1. The maximum atomic E-state index is 11.9. The van der Waals surface area contributed by atoms with Gasteiger partial charge in [0, 0.05) is 5.69 Å². The van der Waals surface area contributed by atoms with E-state index in [0.717, 1.165) is 5.56 Å². The minimum Gasteiger partial charge on any atom is -0.456 e. The monoisotopic (exact) mass is 376 g/mol. The molecule has 7 nitrogen and oxygen atoms in total. The highest BCUT2D eigenvalue weighted by Crippen LogP contribution is 2.19. The third-order valence-corrected chi connectivity index (χ3v) is 4.60. The van der Waals surface area contributed by atoms with Gasteiger partial charge < -0.3 is 10.1 Å². The van der Waals surface area contributed by atoms with E-state index in [2.05, 4.69) is 5.32 Å². The summed E-state index contributed by atoms with van der Waals surface area (Å²) in [5.74, 6) is -1.01. The molecule has 2 rings (SSSR count). The molecule has 0 fully saturated rings. The summed E-state index contributed by atoms with van der Waals surface area (Å²) in [7, 11) is -3.79. The van der Waals surface area contributed by atoms with Crippen molar-refractivity contribution >= 4 is 27.6 Å². The van der Waals surface area contributed by atoms with Gasteiger partial charge >= 0.3 is 5.97 Å². The fourth-order valence-corrected chi connectivity index (χ4v) is 2.79. The quantitative estimate of drug-likeness (QED) is 0.717. The van der Waals surface area contributed by atoms with E-state index in [-0.39, 0.29) is 17.2 Å². The van der Waals surface area contributed by atoms with E-state index in [1.54, 1.807) is 0 Å². The van der Waals surface area contributed by atoms with Crippen LogP contribution < -0.4 is 10.5 Å². The van der Waals surface area contributed by atoms with E-state index in [1.807, 2.05) is 37.3 Å². The molecule has 0 saturated carbocycles. The van der Waals surface area contributed by atoms with E-state index >= 15 is 0 Å². The van der Waals surface area contributed by atoms with E-state index in [0.29, 0.717) is 5.69 Å². The van der Waals surface area contributed by atoms with Crippen molar-refractivity contribution in [1.29, 1.82) is 0 Å². The van der Waals surface area contributed by atoms with Crippen LogP contribution in [-0.4, -0.2) is 26.9 Å². The number of hydrogen-bond donors (Lipinski definition) is 2. The zero-order chi connectivity index (χ0) is 19.2. The number of benzene rings is 2. The largest absolute Gasteiger partial charge is 0.456 e. The number of esters is 1. The molecular formula is C18H20N2O5S. The third-order valence-electron chi connectivity index (χ3n) is 3.67. The number of nitrogens with one attached hydrogen (secondary N) is 1. The SMILES string of the molecule is C[C@H](CC(=O)OCC(=O)Nc1ccc(S(N)(=O)=O)cc1)c1ccccc1. The normalized spacial score (nSPS) is 12.2. The Morgan fingerprint density at radius 3 is 2.27 bits per heavy atom. The topological polar surface area (TPSA) is 116 Å². The Labute approximate surface area is 152 Å². The van der Waals surface area contributed by atoms with Crippen LogP contribution in [0.4, 0.5) is 5.69 Å². The first-order valence-corrected chi connectivity index (χ1v) is 9.43. The van der Waals surface area contributed by atoms with Gasteiger partial charge in [-0.2, -0.15) is 0 Å². The lowest BCUT2D eigenvalue weighted by Crippen LogP contribution is -2.21. The molecule has 8 heteroatoms. The summed E-state index contributed by atoms with van der Waals surface area (Å²) < 4.78 is 27.3. The fourth-order valence-electron chi connectivity index (χ4n) is 2.28. The molecule has 0 radical (unpaired) electrons. The summed E-state index contributed by atoms with van der Waals surface area (Å²) in [6.45, 7) is 1.49. The summed E-state index contributed by atoms with van der Waals surface area (Å²) in [4.78, 5) is 23.6. The molecule has 0 aliphatic carbocycles. The van der Waals surface area contributed by atoms with Gasteiger partial charge in [0.1, 0.15) is 0 Å². The molecule has 2 aromatic carbocycles. The van der Waals surface area contributed by atoms with Crippen molar-refractivity contribution in [2.45, 2.75) is 24.2 Å². The van der Waals surface area contributed by atoms with Crippen LogP contribution in [0.3, 0.4) is 0 Å². The van der Waals surface area contributed by atoms with Gasteiger partial charge in [0.15, 0.2) is 6.61 Å². The minimum atomic E-state index is -3.79. The molecule has 0 bridgehead atoms. The van der Waals surface area contributed by atoms with Crippen LogP contribution in [0, 0.1) is 0 Å². The van der Waals surface area contributed by atoms with Gasteiger partial charge in [-0.15, -0.1) is 0 Å². The van der Waals surface area contributed by atoms with E-state index in [4.69, 9.17) is 9.88 Å². The molecule has 0 spiro atoms. The van der Waals surface area contributed by atoms with E-state index < -0.39 is 28.5 Å². The Balaban J connectivity index is 1.80. The second-order valence-corrected chi connectivity index (χ2v) is 7.36. The van der Waals surface area contributed by atoms with Crippen molar-refractivity contribution < 1.29 is 22.7 Å². The number of rotatable bonds is 7. The highest BCUT2D eigenvalue weighted by Gasteiger charge is 2.14. The molecule has 0 aromatic heterocycles. The van der Waals surface area contributed by atoms with Crippen LogP contribution in [0.1, 0.15) is 24.8 Å². The second kappa shape index (κ2) is 8.59. The zero-order valence-corrected chi connectivity index (χ0v) is 15.0. The Morgan fingerprint density at radius 2 is 1.69 bits per heavy atom. The second-order valence-electron chi connectivity index (χ2n) is 5.79. The van der Waals surface area contributed by atoms with Crippen LogP contribution in [0.2, 0.25) is 0 Å². The van der Waals surface area contributed by atoms with Crippen molar-refractivity contribution in [3.8, 4) is 0 Å². The summed E-state index contributed by atoms with van der Waals surface area (Å²) in [6, 6.07) is 14.9. The Morgan fingerprint density at radius 1 is 1.08 bits per heavy atom. The predicted molar refractivity (Wildman–Crippen MR) is 96.9 cm³/mol. The number of sulfonamides is 1. The highest BCUT2D eigenvalue weighted by molar-refractivity contribution is 7.89. The summed E-state index contributed by atoms with van der Waals surface area (Å²) >= 11 is 0. The number of carbonyl (C=O) groups excluding carboxylic acids is 2. The van der Waals surface area contributed by atoms with Crippen LogP contribution in [0.15, 0.2) is 59.5 Å². The van der Waals surface area contributed by atoms with Gasteiger partial charge in [0.05, 0.1) is 11.3 Å². The average molecular weight is 376 g/mol. The molecule has 0 aliphatic heterocycles. The number of hydrogen-bond acceptors (Lipinski definition) is 5. The first kappa shape index (κ1) is 19.6. The molecule has 1 atom stereocenters. The average Bonchev–Trinajstić information content (AvgIpc) is 2.60. The molecule has 0 aliphatic rings. The van der Waals surface area contributed by atoms with Crippen molar-refractivity contribution in [2.24, 2.45) is 5.14 Å². The van der Waals surface area contributed by atoms with Crippen LogP contribution in [-0.2, 0) is 24.3 Å². The number of carbonyl (C=O) groups is 2. The number of amides is 1. The smallest absolute Gasteiger partial charge is 0.306 e. The van der Waals surface area contributed by atoms with Crippen molar-refractivity contribution in [3.63, 3.8) is 0 Å². The molecule has 0 unspecified atom stereocenters. The number of primary sulfonamides is 1. The van der Waals surface area contributed by atoms with Gasteiger partial charge in [-0.3, -0.25) is 9.59 Å². The standard InChI is InChI=1S/C18H20N2O5S/c1-13(14-5-3-2-4-6-14)11-18(22)25-12-17(21)20-15-7-9-16(10-8-15)26(19,23)24/h2-10,13H,11-12H2,1H3,(H,20,21)(H2,19,23,24)/t13-/m1/s1. The lowest BCUT2D eigenvalue weighted by atomic mass is 9.98. The van der Waals surface area contributed by atoms with Gasteiger partial charge in [0.25, 0.3) is 5.91 Å². The van der Waals surface area contributed by atoms with Gasteiger partial charge in [-0.25, -0.2) is 13.6 Å². The molecule has 3 N–H and O–H groups in total. The van der Waals surface area contributed by atoms with Crippen molar-refractivity contribution in [3.05, 3.63) is 60.2 Å². The lowest BCUT2D eigenvalue weighted by Gasteiger charge is -2.11. The lowest BCUT2D eigenvalue weighted by molar-refractivity contribution is -0.147.